The highest BCUT2D eigenvalue weighted by Crippen LogP contribution is 2.34. The molecular weight excluding hydrogens is 274 g/mol. The van der Waals surface area contributed by atoms with Crippen molar-refractivity contribution in [2.45, 2.75) is 13.8 Å². The highest BCUT2D eigenvalue weighted by molar-refractivity contribution is 5.79. The number of nitrogen functional groups attached to an aromatic ring is 1. The van der Waals surface area contributed by atoms with Gasteiger partial charge in [0.1, 0.15) is 0 Å². The number of nitrogens with zero attached hydrogens (tertiary/aromatic N) is 3. The molecule has 3 aromatic rings. The van der Waals surface area contributed by atoms with Crippen molar-refractivity contribution in [3.05, 3.63) is 59.7 Å². The SMILES string of the molecule is Cc1ccc(-c2[nH]nc(N)c2N=Nc2ccccc2)cc1C. The van der Waals surface area contributed by atoms with Crippen molar-refractivity contribution in [1.29, 1.82) is 0 Å². The highest BCUT2D eigenvalue weighted by Gasteiger charge is 2.13. The van der Waals surface area contributed by atoms with Gasteiger partial charge in [-0.3, -0.25) is 5.10 Å². The molecule has 5 heteroatoms. The second-order valence-electron chi connectivity index (χ2n) is 5.17. The molecule has 3 rings (SSSR count). The van der Waals surface area contributed by atoms with Gasteiger partial charge in [0.15, 0.2) is 11.5 Å². The molecule has 0 fully saturated rings. The number of hydrogen-bond donors (Lipinski definition) is 2. The van der Waals surface area contributed by atoms with Crippen molar-refractivity contribution in [2.24, 2.45) is 10.2 Å². The van der Waals surface area contributed by atoms with Gasteiger partial charge in [0.05, 0.1) is 11.4 Å². The van der Waals surface area contributed by atoms with E-state index in [1.807, 2.05) is 36.4 Å². The van der Waals surface area contributed by atoms with Crippen molar-refractivity contribution >= 4 is 17.2 Å². The number of nitrogens with one attached hydrogen (secondary N) is 1. The van der Waals surface area contributed by atoms with Crippen LogP contribution in [0.4, 0.5) is 17.2 Å². The van der Waals surface area contributed by atoms with Crippen LogP contribution in [0.3, 0.4) is 0 Å². The fourth-order valence-electron chi connectivity index (χ4n) is 2.15. The Morgan fingerprint density at radius 1 is 0.955 bits per heavy atom. The largest absolute Gasteiger partial charge is 0.380 e. The average molecular weight is 291 g/mol. The van der Waals surface area contributed by atoms with Gasteiger partial charge in [0.2, 0.25) is 0 Å². The molecule has 0 spiro atoms. The smallest absolute Gasteiger partial charge is 0.173 e. The van der Waals surface area contributed by atoms with Gasteiger partial charge < -0.3 is 5.73 Å². The van der Waals surface area contributed by atoms with Crippen molar-refractivity contribution in [3.63, 3.8) is 0 Å². The zero-order chi connectivity index (χ0) is 15.5. The molecule has 2 aromatic carbocycles. The third-order valence-corrected chi connectivity index (χ3v) is 3.58. The molecule has 0 atom stereocenters. The normalized spacial score (nSPS) is 11.2. The van der Waals surface area contributed by atoms with Gasteiger partial charge in [0.25, 0.3) is 0 Å². The van der Waals surface area contributed by atoms with E-state index < -0.39 is 0 Å². The first-order valence-electron chi connectivity index (χ1n) is 7.03. The minimum Gasteiger partial charge on any atom is -0.380 e. The van der Waals surface area contributed by atoms with Gasteiger partial charge in [0, 0.05) is 5.56 Å². The Bertz CT molecular complexity index is 818. The van der Waals surface area contributed by atoms with Crippen molar-refractivity contribution in [1.82, 2.24) is 10.2 Å². The third kappa shape index (κ3) is 2.74. The molecule has 3 N–H and O–H groups in total. The zero-order valence-electron chi connectivity index (χ0n) is 12.5. The topological polar surface area (TPSA) is 79.4 Å². The van der Waals surface area contributed by atoms with Crippen molar-refractivity contribution in [2.75, 3.05) is 5.73 Å². The number of hydrogen-bond acceptors (Lipinski definition) is 4. The number of nitrogens with two attached hydrogens (primary N) is 1. The Labute approximate surface area is 128 Å². The zero-order valence-corrected chi connectivity index (χ0v) is 12.5. The lowest BCUT2D eigenvalue weighted by Gasteiger charge is -2.04. The molecule has 0 aliphatic heterocycles. The van der Waals surface area contributed by atoms with Crippen molar-refractivity contribution in [3.8, 4) is 11.3 Å². The number of aromatic nitrogens is 2. The van der Waals surface area contributed by atoms with E-state index in [9.17, 15) is 0 Å². The van der Waals surface area contributed by atoms with E-state index in [0.717, 1.165) is 16.9 Å². The summed E-state index contributed by atoms with van der Waals surface area (Å²) < 4.78 is 0. The number of rotatable bonds is 3. The van der Waals surface area contributed by atoms with Crippen LogP contribution in [0.15, 0.2) is 58.8 Å². The summed E-state index contributed by atoms with van der Waals surface area (Å²) >= 11 is 0. The Morgan fingerprint density at radius 3 is 2.45 bits per heavy atom. The van der Waals surface area contributed by atoms with Crippen LogP contribution >= 0.6 is 0 Å². The van der Waals surface area contributed by atoms with Crippen LogP contribution in [0, 0.1) is 13.8 Å². The van der Waals surface area contributed by atoms with Gasteiger partial charge in [-0.05, 0) is 43.2 Å². The predicted octanol–water partition coefficient (Wildman–Crippen LogP) is 4.69. The number of aromatic amines is 1. The highest BCUT2D eigenvalue weighted by atomic mass is 15.2. The fraction of sp³-hybridized carbons (Fsp3) is 0.118. The number of benzene rings is 2. The minimum atomic E-state index is 0.341. The van der Waals surface area contributed by atoms with Crippen LogP contribution in [0.2, 0.25) is 0 Å². The lowest BCUT2D eigenvalue weighted by atomic mass is 10.0. The Kier molecular flexibility index (Phi) is 3.70. The first-order chi connectivity index (χ1) is 10.6. The van der Waals surface area contributed by atoms with E-state index in [2.05, 4.69) is 46.4 Å². The first kappa shape index (κ1) is 14.0. The van der Waals surface area contributed by atoms with Gasteiger partial charge in [-0.2, -0.15) is 10.2 Å². The monoisotopic (exact) mass is 291 g/mol. The average Bonchev–Trinajstić information content (AvgIpc) is 2.90. The molecule has 0 aliphatic rings. The van der Waals surface area contributed by atoms with E-state index in [4.69, 9.17) is 5.73 Å². The summed E-state index contributed by atoms with van der Waals surface area (Å²) in [6.07, 6.45) is 0. The number of H-pyrrole nitrogens is 1. The third-order valence-electron chi connectivity index (χ3n) is 3.58. The Balaban J connectivity index is 2.00. The van der Waals surface area contributed by atoms with Gasteiger partial charge in [-0.15, -0.1) is 5.11 Å². The van der Waals surface area contributed by atoms with Crippen LogP contribution in [-0.2, 0) is 0 Å². The fourth-order valence-corrected chi connectivity index (χ4v) is 2.15. The van der Waals surface area contributed by atoms with E-state index in [0.29, 0.717) is 11.5 Å². The molecule has 110 valence electrons. The molecule has 0 radical (unpaired) electrons. The molecule has 0 aliphatic carbocycles. The maximum absolute atomic E-state index is 5.91. The van der Waals surface area contributed by atoms with E-state index in [1.165, 1.54) is 11.1 Å². The number of aryl methyl sites for hydroxylation is 2. The quantitative estimate of drug-likeness (QED) is 0.686. The Morgan fingerprint density at radius 2 is 1.73 bits per heavy atom. The molecule has 0 saturated heterocycles. The molecule has 1 aromatic heterocycles. The summed E-state index contributed by atoms with van der Waals surface area (Å²) in [7, 11) is 0. The molecule has 0 saturated carbocycles. The molecule has 22 heavy (non-hydrogen) atoms. The van der Waals surface area contributed by atoms with Crippen LogP contribution in [0.25, 0.3) is 11.3 Å². The van der Waals surface area contributed by atoms with E-state index in [1.54, 1.807) is 0 Å². The summed E-state index contributed by atoms with van der Waals surface area (Å²) in [4.78, 5) is 0. The van der Waals surface area contributed by atoms with Crippen LogP contribution < -0.4 is 5.73 Å². The lowest BCUT2D eigenvalue weighted by molar-refractivity contribution is 1.10. The number of anilines is 1. The number of azo groups is 1. The van der Waals surface area contributed by atoms with Crippen LogP contribution in [0.1, 0.15) is 11.1 Å². The minimum absolute atomic E-state index is 0.341. The maximum atomic E-state index is 5.91. The molecule has 5 nitrogen and oxygen atoms in total. The van der Waals surface area contributed by atoms with E-state index in [-0.39, 0.29) is 0 Å². The van der Waals surface area contributed by atoms with Crippen LogP contribution in [-0.4, -0.2) is 10.2 Å². The lowest BCUT2D eigenvalue weighted by Crippen LogP contribution is -1.84. The first-order valence-corrected chi connectivity index (χ1v) is 7.03. The van der Waals surface area contributed by atoms with Crippen LogP contribution in [0.5, 0.6) is 0 Å². The Hall–Kier alpha value is -2.95. The summed E-state index contributed by atoms with van der Waals surface area (Å²) in [5.41, 5.74) is 11.5. The second-order valence-corrected chi connectivity index (χ2v) is 5.17. The second kappa shape index (κ2) is 5.81. The van der Waals surface area contributed by atoms with Gasteiger partial charge in [-0.25, -0.2) is 0 Å². The molecule has 0 unspecified atom stereocenters. The summed E-state index contributed by atoms with van der Waals surface area (Å²) in [5.74, 6) is 0.341. The van der Waals surface area contributed by atoms with Gasteiger partial charge >= 0.3 is 0 Å². The van der Waals surface area contributed by atoms with E-state index >= 15 is 0 Å². The summed E-state index contributed by atoms with van der Waals surface area (Å²) in [6, 6.07) is 15.7. The van der Waals surface area contributed by atoms with Crippen molar-refractivity contribution < 1.29 is 0 Å². The molecule has 0 bridgehead atoms. The maximum Gasteiger partial charge on any atom is 0.173 e. The molecule has 1 heterocycles. The standard InChI is InChI=1S/C17H17N5/c1-11-8-9-13(10-12(11)2)15-16(17(18)22-20-15)21-19-14-6-4-3-5-7-14/h3-10H,1-2H3,(H3,18,20,22). The summed E-state index contributed by atoms with van der Waals surface area (Å²) in [6.45, 7) is 4.15. The molecular formula is C17H17N5. The summed E-state index contributed by atoms with van der Waals surface area (Å²) in [5, 5.41) is 15.5. The predicted molar refractivity (Wildman–Crippen MR) is 88.5 cm³/mol. The van der Waals surface area contributed by atoms with Gasteiger partial charge in [-0.1, -0.05) is 30.3 Å². The molecule has 0 amide bonds.